The van der Waals surface area contributed by atoms with Crippen molar-refractivity contribution < 1.29 is 14.3 Å². The highest BCUT2D eigenvalue weighted by atomic mass is 16.5. The molecule has 0 bridgehead atoms. The van der Waals surface area contributed by atoms with Crippen molar-refractivity contribution in [1.82, 2.24) is 10.2 Å². The summed E-state index contributed by atoms with van der Waals surface area (Å²) in [7, 11) is 0. The van der Waals surface area contributed by atoms with E-state index in [2.05, 4.69) is 46.8 Å². The number of amides is 3. The zero-order valence-corrected chi connectivity index (χ0v) is 16.2. The number of carbonyl (C=O) groups is 2. The fourth-order valence-corrected chi connectivity index (χ4v) is 3.31. The summed E-state index contributed by atoms with van der Waals surface area (Å²) < 4.78 is 5.38. The first-order valence-corrected chi connectivity index (χ1v) is 9.51. The van der Waals surface area contributed by atoms with Gasteiger partial charge in [-0.2, -0.15) is 0 Å². The fourth-order valence-electron chi connectivity index (χ4n) is 3.31. The van der Waals surface area contributed by atoms with Gasteiger partial charge in [-0.3, -0.25) is 9.69 Å². The van der Waals surface area contributed by atoms with E-state index in [9.17, 15) is 9.59 Å². The molecule has 7 heteroatoms. The zero-order chi connectivity index (χ0) is 19.9. The van der Waals surface area contributed by atoms with E-state index in [1.807, 2.05) is 18.2 Å². The van der Waals surface area contributed by atoms with Gasteiger partial charge in [0.25, 0.3) is 5.91 Å². The molecule has 2 aromatic carbocycles. The number of hydrogen-bond acceptors (Lipinski definition) is 4. The topological polar surface area (TPSA) is 82.7 Å². The van der Waals surface area contributed by atoms with Crippen LogP contribution in [0.1, 0.15) is 25.5 Å². The van der Waals surface area contributed by atoms with Crippen molar-refractivity contribution in [1.29, 1.82) is 0 Å². The number of hydrogen-bond donors (Lipinski definition) is 3. The van der Waals surface area contributed by atoms with Gasteiger partial charge in [-0.05, 0) is 30.8 Å². The van der Waals surface area contributed by atoms with Crippen molar-refractivity contribution in [3.05, 3.63) is 54.1 Å². The SMILES string of the molecule is CCN(CC)C(CNC(=O)Nc1ccc2c(c1)OCC(=O)N2)c1ccccc1. The lowest BCUT2D eigenvalue weighted by Gasteiger charge is -2.30. The second kappa shape index (κ2) is 9.23. The molecule has 1 atom stereocenters. The largest absolute Gasteiger partial charge is 0.482 e. The Labute approximate surface area is 165 Å². The number of rotatable bonds is 7. The predicted molar refractivity (Wildman–Crippen MR) is 110 cm³/mol. The molecule has 1 aliphatic heterocycles. The van der Waals surface area contributed by atoms with Crippen LogP contribution in [-0.4, -0.2) is 43.1 Å². The molecule has 0 aliphatic carbocycles. The van der Waals surface area contributed by atoms with Crippen LogP contribution < -0.4 is 20.7 Å². The predicted octanol–water partition coefficient (Wildman–Crippen LogP) is 3.22. The lowest BCUT2D eigenvalue weighted by atomic mass is 10.1. The molecule has 3 amide bonds. The number of nitrogens with one attached hydrogen (secondary N) is 3. The second-order valence-electron chi connectivity index (χ2n) is 6.53. The van der Waals surface area contributed by atoms with Gasteiger partial charge >= 0.3 is 6.03 Å². The summed E-state index contributed by atoms with van der Waals surface area (Å²) in [6, 6.07) is 15.1. The molecule has 2 aromatic rings. The minimum Gasteiger partial charge on any atom is -0.482 e. The molecule has 1 aliphatic rings. The second-order valence-corrected chi connectivity index (χ2v) is 6.53. The van der Waals surface area contributed by atoms with E-state index >= 15 is 0 Å². The van der Waals surface area contributed by atoms with Crippen LogP contribution in [0.5, 0.6) is 5.75 Å². The van der Waals surface area contributed by atoms with Crippen LogP contribution in [0.2, 0.25) is 0 Å². The highest BCUT2D eigenvalue weighted by Crippen LogP contribution is 2.30. The number of likely N-dealkylation sites (N-methyl/N-ethyl adjacent to an activating group) is 1. The third-order valence-corrected chi connectivity index (χ3v) is 4.77. The Kier molecular flexibility index (Phi) is 6.49. The monoisotopic (exact) mass is 382 g/mol. The minimum atomic E-state index is -0.284. The van der Waals surface area contributed by atoms with Crippen LogP contribution in [0.25, 0.3) is 0 Å². The van der Waals surface area contributed by atoms with Gasteiger partial charge in [-0.15, -0.1) is 0 Å². The zero-order valence-electron chi connectivity index (χ0n) is 16.2. The Morgan fingerprint density at radius 3 is 2.64 bits per heavy atom. The summed E-state index contributed by atoms with van der Waals surface area (Å²) in [6.07, 6.45) is 0. The van der Waals surface area contributed by atoms with Crippen LogP contribution >= 0.6 is 0 Å². The van der Waals surface area contributed by atoms with Gasteiger partial charge in [0.1, 0.15) is 5.75 Å². The smallest absolute Gasteiger partial charge is 0.319 e. The molecule has 0 aromatic heterocycles. The normalized spacial score (nSPS) is 13.9. The lowest BCUT2D eigenvalue weighted by Crippen LogP contribution is -2.39. The van der Waals surface area contributed by atoms with Gasteiger partial charge < -0.3 is 20.7 Å². The Bertz CT molecular complexity index is 822. The number of urea groups is 1. The van der Waals surface area contributed by atoms with Crippen molar-refractivity contribution >= 4 is 23.3 Å². The number of anilines is 2. The van der Waals surface area contributed by atoms with E-state index in [1.165, 1.54) is 5.56 Å². The Morgan fingerprint density at radius 1 is 1.18 bits per heavy atom. The van der Waals surface area contributed by atoms with E-state index in [0.29, 0.717) is 23.7 Å². The molecule has 28 heavy (non-hydrogen) atoms. The maximum Gasteiger partial charge on any atom is 0.319 e. The van der Waals surface area contributed by atoms with E-state index in [4.69, 9.17) is 4.74 Å². The van der Waals surface area contributed by atoms with Crippen LogP contribution in [0.15, 0.2) is 48.5 Å². The molecule has 0 saturated heterocycles. The molecule has 0 fully saturated rings. The summed E-state index contributed by atoms with van der Waals surface area (Å²) in [5.74, 6) is 0.358. The molecule has 0 spiro atoms. The van der Waals surface area contributed by atoms with Crippen molar-refractivity contribution in [3.8, 4) is 5.75 Å². The molecule has 3 N–H and O–H groups in total. The van der Waals surface area contributed by atoms with Gasteiger partial charge in [0.2, 0.25) is 0 Å². The Hall–Kier alpha value is -3.06. The van der Waals surface area contributed by atoms with E-state index < -0.39 is 0 Å². The summed E-state index contributed by atoms with van der Waals surface area (Å²) >= 11 is 0. The molecular formula is C21H26N4O3. The average Bonchev–Trinajstić information content (AvgIpc) is 2.72. The quantitative estimate of drug-likeness (QED) is 0.687. The molecule has 1 unspecified atom stereocenters. The van der Waals surface area contributed by atoms with Gasteiger partial charge in [0, 0.05) is 18.3 Å². The molecule has 1 heterocycles. The molecule has 7 nitrogen and oxygen atoms in total. The van der Waals surface area contributed by atoms with Crippen LogP contribution in [0, 0.1) is 0 Å². The average molecular weight is 382 g/mol. The Balaban J connectivity index is 1.62. The fraction of sp³-hybridized carbons (Fsp3) is 0.333. The third kappa shape index (κ3) is 4.80. The van der Waals surface area contributed by atoms with Crippen molar-refractivity contribution in [2.24, 2.45) is 0 Å². The van der Waals surface area contributed by atoms with Crippen LogP contribution in [0.4, 0.5) is 16.2 Å². The number of ether oxygens (including phenoxy) is 1. The number of fused-ring (bicyclic) bond motifs is 1. The molecule has 3 rings (SSSR count). The molecule has 0 radical (unpaired) electrons. The van der Waals surface area contributed by atoms with Crippen LogP contribution in [-0.2, 0) is 4.79 Å². The lowest BCUT2D eigenvalue weighted by molar-refractivity contribution is -0.118. The first-order chi connectivity index (χ1) is 13.6. The van der Waals surface area contributed by atoms with Gasteiger partial charge in [0.05, 0.1) is 11.7 Å². The van der Waals surface area contributed by atoms with E-state index in [1.54, 1.807) is 18.2 Å². The van der Waals surface area contributed by atoms with Crippen LogP contribution in [0.3, 0.4) is 0 Å². The highest BCUT2D eigenvalue weighted by molar-refractivity contribution is 5.96. The van der Waals surface area contributed by atoms with E-state index in [-0.39, 0.29) is 24.6 Å². The third-order valence-electron chi connectivity index (χ3n) is 4.77. The number of nitrogens with zero attached hydrogens (tertiary/aromatic N) is 1. The highest BCUT2D eigenvalue weighted by Gasteiger charge is 2.19. The molecule has 148 valence electrons. The van der Waals surface area contributed by atoms with Crippen molar-refractivity contribution in [3.63, 3.8) is 0 Å². The summed E-state index contributed by atoms with van der Waals surface area (Å²) in [5.41, 5.74) is 2.38. The van der Waals surface area contributed by atoms with Gasteiger partial charge in [-0.25, -0.2) is 4.79 Å². The maximum absolute atomic E-state index is 12.4. The summed E-state index contributed by atoms with van der Waals surface area (Å²) in [4.78, 5) is 26.1. The first-order valence-electron chi connectivity index (χ1n) is 9.51. The number of benzene rings is 2. The van der Waals surface area contributed by atoms with Gasteiger partial charge in [0.15, 0.2) is 6.61 Å². The minimum absolute atomic E-state index is 0.0225. The standard InChI is InChI=1S/C21H26N4O3/c1-3-25(4-2)18(15-8-6-5-7-9-15)13-22-21(27)23-16-10-11-17-19(12-16)28-14-20(26)24-17/h5-12,18H,3-4,13-14H2,1-2H3,(H,24,26)(H2,22,23,27). The van der Waals surface area contributed by atoms with Gasteiger partial charge in [-0.1, -0.05) is 44.2 Å². The summed E-state index contributed by atoms with van der Waals surface area (Å²) in [5, 5.41) is 8.51. The number of carbonyl (C=O) groups excluding carboxylic acids is 2. The summed E-state index contributed by atoms with van der Waals surface area (Å²) in [6.45, 7) is 6.50. The first kappa shape index (κ1) is 19.7. The van der Waals surface area contributed by atoms with E-state index in [0.717, 1.165) is 13.1 Å². The van der Waals surface area contributed by atoms with Crippen molar-refractivity contribution in [2.45, 2.75) is 19.9 Å². The molecular weight excluding hydrogens is 356 g/mol. The Morgan fingerprint density at radius 2 is 1.93 bits per heavy atom. The van der Waals surface area contributed by atoms with Crippen molar-refractivity contribution in [2.75, 3.05) is 36.9 Å². The molecule has 0 saturated carbocycles. The maximum atomic E-state index is 12.4.